The highest BCUT2D eigenvalue weighted by Crippen LogP contribution is 2.40. The molecule has 1 aliphatic carbocycles. The number of hydrogen-bond acceptors (Lipinski definition) is 3. The molecule has 1 spiro atoms. The minimum atomic E-state index is -0.332. The van der Waals surface area contributed by atoms with Gasteiger partial charge in [0, 0.05) is 36.4 Å². The maximum Gasteiger partial charge on any atom is 0.0810 e. The Hall–Kier alpha value is -1.15. The van der Waals surface area contributed by atoms with E-state index in [0.29, 0.717) is 0 Å². The first-order chi connectivity index (χ1) is 13.1. The Morgan fingerprint density at radius 3 is 2.56 bits per heavy atom. The van der Waals surface area contributed by atoms with Gasteiger partial charge in [-0.05, 0) is 44.6 Å². The number of nitrogens with zero attached hydrogens (tertiary/aromatic N) is 1. The lowest BCUT2D eigenvalue weighted by molar-refractivity contribution is 0.137. The molecule has 0 aromatic heterocycles. The lowest BCUT2D eigenvalue weighted by Crippen LogP contribution is -2.49. The van der Waals surface area contributed by atoms with Crippen molar-refractivity contribution in [2.24, 2.45) is 0 Å². The minimum Gasteiger partial charge on any atom is -0.388 e. The monoisotopic (exact) mass is 386 g/mol. The van der Waals surface area contributed by atoms with Crippen LogP contribution in [0.2, 0.25) is 0 Å². The van der Waals surface area contributed by atoms with E-state index in [0.717, 1.165) is 56.6 Å². The van der Waals surface area contributed by atoms with Crippen molar-refractivity contribution in [3.8, 4) is 0 Å². The molecular weight excluding hydrogens is 351 g/mol. The average molecular weight is 387 g/mol. The summed E-state index contributed by atoms with van der Waals surface area (Å²) in [7, 11) is 2.83. The molecule has 0 radical (unpaired) electrons. The third kappa shape index (κ3) is 5.02. The van der Waals surface area contributed by atoms with Gasteiger partial charge in [0.05, 0.1) is 6.10 Å². The fraction of sp³-hybridized carbons (Fsp3) is 0.565. The van der Waals surface area contributed by atoms with Crippen LogP contribution in [0, 0.1) is 0 Å². The summed E-state index contributed by atoms with van der Waals surface area (Å²) >= 11 is 0. The van der Waals surface area contributed by atoms with Gasteiger partial charge in [-0.3, -0.25) is 4.90 Å². The Labute approximate surface area is 167 Å². The van der Waals surface area contributed by atoms with E-state index in [1.807, 2.05) is 19.9 Å². The predicted octanol–water partition coefficient (Wildman–Crippen LogP) is 5.27. The molecule has 0 amide bonds. The zero-order chi connectivity index (χ0) is 19.3. The summed E-state index contributed by atoms with van der Waals surface area (Å²) in [5.41, 5.74) is 3.91. The lowest BCUT2D eigenvalue weighted by atomic mass is 9.83. The van der Waals surface area contributed by atoms with Crippen molar-refractivity contribution in [1.29, 1.82) is 0 Å². The number of aliphatic hydroxyl groups excluding tert-OH is 1. The number of piperidine rings is 1. The highest BCUT2D eigenvalue weighted by atomic mass is 31.0. The van der Waals surface area contributed by atoms with Crippen LogP contribution in [-0.2, 0) is 0 Å². The van der Waals surface area contributed by atoms with Crippen molar-refractivity contribution in [2.45, 2.75) is 64.0 Å². The molecule has 2 atom stereocenters. The summed E-state index contributed by atoms with van der Waals surface area (Å²) in [4.78, 5) is 2.60. The number of anilines is 1. The van der Waals surface area contributed by atoms with Gasteiger partial charge in [0.1, 0.15) is 0 Å². The Morgan fingerprint density at radius 2 is 1.85 bits per heavy atom. The molecule has 2 unspecified atom stereocenters. The fourth-order valence-electron chi connectivity index (χ4n) is 4.45. The second-order valence-electron chi connectivity index (χ2n) is 7.89. The molecule has 1 fully saturated rings. The van der Waals surface area contributed by atoms with Gasteiger partial charge in [0.2, 0.25) is 0 Å². The summed E-state index contributed by atoms with van der Waals surface area (Å²) in [6.07, 6.45) is 10.8. The van der Waals surface area contributed by atoms with Crippen LogP contribution in [0.25, 0.3) is 0 Å². The van der Waals surface area contributed by atoms with E-state index < -0.39 is 0 Å². The van der Waals surface area contributed by atoms with Crippen LogP contribution in [0.1, 0.15) is 64.0 Å². The van der Waals surface area contributed by atoms with Crippen molar-refractivity contribution < 1.29 is 5.11 Å². The molecule has 1 aromatic carbocycles. The van der Waals surface area contributed by atoms with Crippen LogP contribution in [0.3, 0.4) is 0 Å². The first-order valence-corrected chi connectivity index (χ1v) is 11.1. The number of benzene rings is 1. The first-order valence-electron chi connectivity index (χ1n) is 10.6. The van der Waals surface area contributed by atoms with Crippen molar-refractivity contribution >= 4 is 14.9 Å². The first kappa shape index (κ1) is 20.6. The van der Waals surface area contributed by atoms with E-state index in [9.17, 15) is 5.11 Å². The van der Waals surface area contributed by atoms with Crippen molar-refractivity contribution in [3.63, 3.8) is 0 Å². The van der Waals surface area contributed by atoms with Gasteiger partial charge in [-0.15, -0.1) is 9.24 Å². The zero-order valence-electron chi connectivity index (χ0n) is 16.9. The molecule has 27 heavy (non-hydrogen) atoms. The molecule has 1 saturated heterocycles. The van der Waals surface area contributed by atoms with Gasteiger partial charge in [0.25, 0.3) is 0 Å². The smallest absolute Gasteiger partial charge is 0.0810 e. The predicted molar refractivity (Wildman–Crippen MR) is 119 cm³/mol. The van der Waals surface area contributed by atoms with Crippen molar-refractivity contribution in [1.82, 2.24) is 4.90 Å². The fourth-order valence-corrected chi connectivity index (χ4v) is 4.69. The molecule has 0 saturated carbocycles. The summed E-state index contributed by atoms with van der Waals surface area (Å²) in [6, 6.07) is 8.27. The number of allylic oxidation sites excluding steroid dienone is 3. The Balaban J connectivity index is 0.00000102. The lowest BCUT2D eigenvalue weighted by Gasteiger charge is -2.43. The summed E-state index contributed by atoms with van der Waals surface area (Å²) in [5.74, 6) is 0. The molecule has 2 heterocycles. The molecule has 2 N–H and O–H groups in total. The number of aliphatic hydroxyl groups is 1. The van der Waals surface area contributed by atoms with Gasteiger partial charge < -0.3 is 10.4 Å². The highest BCUT2D eigenvalue weighted by Gasteiger charge is 2.37. The SMILES string of the molecule is CC.OC1CCC2(CCN(CC3=CC=C(P)CC3)CC2)Nc2ccccc21. The normalized spacial score (nSPS) is 24.5. The van der Waals surface area contributed by atoms with E-state index in [-0.39, 0.29) is 11.6 Å². The van der Waals surface area contributed by atoms with Gasteiger partial charge in [-0.25, -0.2) is 0 Å². The maximum atomic E-state index is 10.5. The number of fused-ring (bicyclic) bond motifs is 1. The number of hydrogen-bond donors (Lipinski definition) is 2. The molecule has 2 aliphatic heterocycles. The number of likely N-dealkylation sites (tertiary alicyclic amines) is 1. The summed E-state index contributed by atoms with van der Waals surface area (Å²) < 4.78 is 0. The quantitative estimate of drug-likeness (QED) is 0.680. The van der Waals surface area contributed by atoms with Gasteiger partial charge in [-0.1, -0.05) is 55.1 Å². The summed E-state index contributed by atoms with van der Waals surface area (Å²) in [5, 5.41) is 15.7. The van der Waals surface area contributed by atoms with Gasteiger partial charge in [-0.2, -0.15) is 0 Å². The van der Waals surface area contributed by atoms with Crippen LogP contribution in [0.4, 0.5) is 5.69 Å². The van der Waals surface area contributed by atoms with Crippen molar-refractivity contribution in [2.75, 3.05) is 25.0 Å². The number of para-hydroxylation sites is 1. The second-order valence-corrected chi connectivity index (χ2v) is 8.63. The molecule has 1 aromatic rings. The van der Waals surface area contributed by atoms with Crippen LogP contribution in [-0.4, -0.2) is 35.2 Å². The van der Waals surface area contributed by atoms with E-state index in [2.05, 4.69) is 49.8 Å². The van der Waals surface area contributed by atoms with Crippen LogP contribution in [0.15, 0.2) is 47.3 Å². The van der Waals surface area contributed by atoms with E-state index in [1.54, 1.807) is 5.57 Å². The molecule has 148 valence electrons. The second kappa shape index (κ2) is 9.37. The largest absolute Gasteiger partial charge is 0.388 e. The summed E-state index contributed by atoms with van der Waals surface area (Å²) in [6.45, 7) is 7.39. The highest BCUT2D eigenvalue weighted by molar-refractivity contribution is 7.22. The molecule has 3 nitrogen and oxygen atoms in total. The van der Waals surface area contributed by atoms with E-state index in [4.69, 9.17) is 0 Å². The Kier molecular flexibility index (Phi) is 7.14. The zero-order valence-corrected chi connectivity index (χ0v) is 18.0. The molecule has 3 aliphatic rings. The van der Waals surface area contributed by atoms with Gasteiger partial charge in [0.15, 0.2) is 0 Å². The number of rotatable bonds is 2. The molecular formula is C23H35N2OP. The standard InChI is InChI=1S/C21H29N2OP.C2H6/c24-20-9-10-21(22-19-4-2-1-3-18(19)20)11-13-23(14-12-21)15-16-5-7-17(25)8-6-16;1-2/h1-5,7,20,22,24H,6,8-15,25H2;1-2H3. The molecule has 4 heteroatoms. The Morgan fingerprint density at radius 1 is 1.11 bits per heavy atom. The Bertz CT molecular complexity index is 689. The third-order valence-electron chi connectivity index (χ3n) is 6.12. The van der Waals surface area contributed by atoms with Gasteiger partial charge >= 0.3 is 0 Å². The average Bonchev–Trinajstić information content (AvgIpc) is 2.84. The minimum absolute atomic E-state index is 0.151. The van der Waals surface area contributed by atoms with Crippen LogP contribution in [0.5, 0.6) is 0 Å². The van der Waals surface area contributed by atoms with E-state index in [1.165, 1.54) is 18.2 Å². The third-order valence-corrected chi connectivity index (χ3v) is 6.60. The number of nitrogens with one attached hydrogen (secondary N) is 1. The van der Waals surface area contributed by atoms with E-state index >= 15 is 0 Å². The topological polar surface area (TPSA) is 35.5 Å². The van der Waals surface area contributed by atoms with Crippen LogP contribution >= 0.6 is 9.24 Å². The molecule has 0 bridgehead atoms. The maximum absolute atomic E-state index is 10.5. The van der Waals surface area contributed by atoms with Crippen LogP contribution < -0.4 is 5.32 Å². The van der Waals surface area contributed by atoms with Crippen molar-refractivity contribution in [3.05, 3.63) is 52.9 Å². The molecule has 4 rings (SSSR count).